The van der Waals surface area contributed by atoms with Gasteiger partial charge in [-0.1, -0.05) is 6.07 Å². The SMILES string of the molecule is COc1cc([C@@H](CC(=O)NCCC(=O)Nc2ccc(NC(C)=O)cc2)c2oc(C)cc(=O)c2O)ccc1O. The standard InChI is InChI=1S/C27H29N3O8/c1-15-12-22(33)26(36)27(38-15)20(17-4-9-21(32)23(13-17)37-3)14-25(35)28-11-10-24(34)30-19-7-5-18(6-8-19)29-16(2)31/h4-9,12-13,20,32,36H,10-11,14H2,1-3H3,(H,28,35)(H,29,31)(H,30,34)/t20-/m1/s1. The molecule has 1 atom stereocenters. The minimum absolute atomic E-state index is 0.0122. The van der Waals surface area contributed by atoms with Crippen LogP contribution in [0.5, 0.6) is 17.2 Å². The van der Waals surface area contributed by atoms with E-state index in [0.717, 1.165) is 6.07 Å². The van der Waals surface area contributed by atoms with Crippen molar-refractivity contribution in [3.05, 3.63) is 75.8 Å². The Labute approximate surface area is 218 Å². The topological polar surface area (TPSA) is 167 Å². The quantitative estimate of drug-likeness (QED) is 0.270. The van der Waals surface area contributed by atoms with Gasteiger partial charge in [0.1, 0.15) is 5.76 Å². The number of ether oxygens (including phenoxy) is 1. The van der Waals surface area contributed by atoms with E-state index in [-0.39, 0.29) is 54.2 Å². The number of methoxy groups -OCH3 is 1. The second kappa shape index (κ2) is 12.4. The van der Waals surface area contributed by atoms with Crippen molar-refractivity contribution in [2.75, 3.05) is 24.3 Å². The van der Waals surface area contributed by atoms with E-state index in [9.17, 15) is 29.4 Å². The number of carbonyl (C=O) groups is 3. The van der Waals surface area contributed by atoms with Crippen molar-refractivity contribution < 1.29 is 33.8 Å². The van der Waals surface area contributed by atoms with Gasteiger partial charge in [0.25, 0.3) is 0 Å². The van der Waals surface area contributed by atoms with Gasteiger partial charge in [-0.15, -0.1) is 0 Å². The van der Waals surface area contributed by atoms with Crippen molar-refractivity contribution in [1.82, 2.24) is 5.32 Å². The maximum atomic E-state index is 12.8. The van der Waals surface area contributed by atoms with Crippen LogP contribution in [0.15, 0.2) is 57.7 Å². The van der Waals surface area contributed by atoms with E-state index in [1.165, 1.54) is 32.2 Å². The molecule has 2 aromatic carbocycles. The molecule has 0 radical (unpaired) electrons. The van der Waals surface area contributed by atoms with Crippen LogP contribution in [0.25, 0.3) is 0 Å². The lowest BCUT2D eigenvalue weighted by molar-refractivity contribution is -0.121. The monoisotopic (exact) mass is 523 g/mol. The number of aromatic hydroxyl groups is 2. The molecular weight excluding hydrogens is 494 g/mol. The molecule has 5 N–H and O–H groups in total. The third kappa shape index (κ3) is 7.36. The van der Waals surface area contributed by atoms with Crippen LogP contribution >= 0.6 is 0 Å². The highest BCUT2D eigenvalue weighted by atomic mass is 16.5. The van der Waals surface area contributed by atoms with E-state index in [1.54, 1.807) is 31.2 Å². The van der Waals surface area contributed by atoms with E-state index >= 15 is 0 Å². The molecule has 0 unspecified atom stereocenters. The molecule has 0 bridgehead atoms. The highest BCUT2D eigenvalue weighted by molar-refractivity contribution is 5.92. The van der Waals surface area contributed by atoms with Crippen LogP contribution in [0.3, 0.4) is 0 Å². The first-order valence-corrected chi connectivity index (χ1v) is 11.7. The molecule has 0 saturated carbocycles. The van der Waals surface area contributed by atoms with Crippen molar-refractivity contribution in [1.29, 1.82) is 0 Å². The lowest BCUT2D eigenvalue weighted by Crippen LogP contribution is -2.29. The molecule has 0 aliphatic rings. The molecule has 11 heteroatoms. The number of hydrogen-bond donors (Lipinski definition) is 5. The Kier molecular flexibility index (Phi) is 9.09. The first kappa shape index (κ1) is 27.8. The highest BCUT2D eigenvalue weighted by Gasteiger charge is 2.26. The van der Waals surface area contributed by atoms with E-state index in [0.29, 0.717) is 16.9 Å². The molecule has 3 amide bonds. The summed E-state index contributed by atoms with van der Waals surface area (Å²) in [4.78, 5) is 48.4. The highest BCUT2D eigenvalue weighted by Crippen LogP contribution is 2.37. The molecule has 0 spiro atoms. The number of anilines is 2. The third-order valence-corrected chi connectivity index (χ3v) is 5.55. The van der Waals surface area contributed by atoms with Crippen molar-refractivity contribution in [2.45, 2.75) is 32.6 Å². The zero-order valence-corrected chi connectivity index (χ0v) is 21.2. The molecule has 200 valence electrons. The van der Waals surface area contributed by atoms with Crippen LogP contribution in [0.1, 0.15) is 42.8 Å². The molecule has 0 aliphatic carbocycles. The number of phenolic OH excluding ortho intramolecular Hbond substituents is 1. The van der Waals surface area contributed by atoms with Crippen LogP contribution in [0, 0.1) is 6.92 Å². The van der Waals surface area contributed by atoms with Gasteiger partial charge in [-0.3, -0.25) is 19.2 Å². The number of nitrogens with one attached hydrogen (secondary N) is 3. The van der Waals surface area contributed by atoms with Gasteiger partial charge >= 0.3 is 0 Å². The average molecular weight is 524 g/mol. The summed E-state index contributed by atoms with van der Waals surface area (Å²) in [6.45, 7) is 2.97. The normalized spacial score (nSPS) is 11.3. The molecule has 38 heavy (non-hydrogen) atoms. The third-order valence-electron chi connectivity index (χ3n) is 5.55. The number of aryl methyl sites for hydroxylation is 1. The first-order chi connectivity index (χ1) is 18.1. The van der Waals surface area contributed by atoms with Crippen molar-refractivity contribution in [3.8, 4) is 17.2 Å². The van der Waals surface area contributed by atoms with E-state index < -0.39 is 23.0 Å². The lowest BCUT2D eigenvalue weighted by atomic mass is 9.91. The summed E-state index contributed by atoms with van der Waals surface area (Å²) in [7, 11) is 1.37. The Hall–Kier alpha value is -4.80. The Balaban J connectivity index is 1.67. The van der Waals surface area contributed by atoms with Crippen molar-refractivity contribution in [3.63, 3.8) is 0 Å². The second-order valence-electron chi connectivity index (χ2n) is 8.53. The van der Waals surface area contributed by atoms with Crippen molar-refractivity contribution in [2.24, 2.45) is 0 Å². The van der Waals surface area contributed by atoms with Gasteiger partial charge in [-0.05, 0) is 48.9 Å². The van der Waals surface area contributed by atoms with Gasteiger partial charge in [0.2, 0.25) is 28.9 Å². The summed E-state index contributed by atoms with van der Waals surface area (Å²) >= 11 is 0. The number of hydrogen-bond acceptors (Lipinski definition) is 8. The van der Waals surface area contributed by atoms with Crippen LogP contribution in [-0.4, -0.2) is 41.6 Å². The Bertz CT molecular complexity index is 1380. The predicted octanol–water partition coefficient (Wildman–Crippen LogP) is 2.99. The molecule has 3 rings (SSSR count). The van der Waals surface area contributed by atoms with Gasteiger partial charge in [0.15, 0.2) is 17.3 Å². The molecule has 3 aromatic rings. The number of rotatable bonds is 10. The maximum Gasteiger partial charge on any atom is 0.227 e. The number of carbonyl (C=O) groups excluding carboxylic acids is 3. The fourth-order valence-corrected chi connectivity index (χ4v) is 3.77. The van der Waals surface area contributed by atoms with E-state index in [4.69, 9.17) is 9.15 Å². The molecule has 0 saturated heterocycles. The summed E-state index contributed by atoms with van der Waals surface area (Å²) in [5.41, 5.74) is 0.932. The minimum atomic E-state index is -0.881. The zero-order chi connectivity index (χ0) is 27.8. The van der Waals surface area contributed by atoms with Crippen LogP contribution < -0.4 is 26.1 Å². The summed E-state index contributed by atoms with van der Waals surface area (Å²) < 4.78 is 10.8. The second-order valence-corrected chi connectivity index (χ2v) is 8.53. The number of amides is 3. The Morgan fingerprint density at radius 1 is 0.974 bits per heavy atom. The molecule has 0 fully saturated rings. The van der Waals surface area contributed by atoms with E-state index in [1.807, 2.05) is 0 Å². The smallest absolute Gasteiger partial charge is 0.227 e. The van der Waals surface area contributed by atoms with Gasteiger partial charge in [-0.25, -0.2) is 0 Å². The maximum absolute atomic E-state index is 12.8. The van der Waals surface area contributed by atoms with E-state index in [2.05, 4.69) is 16.0 Å². The largest absolute Gasteiger partial charge is 0.504 e. The average Bonchev–Trinajstić information content (AvgIpc) is 2.86. The number of phenols is 1. The van der Waals surface area contributed by atoms with Gasteiger partial charge < -0.3 is 35.3 Å². The fourth-order valence-electron chi connectivity index (χ4n) is 3.77. The molecule has 11 nitrogen and oxygen atoms in total. The summed E-state index contributed by atoms with van der Waals surface area (Å²) in [5, 5.41) is 28.4. The van der Waals surface area contributed by atoms with Gasteiger partial charge in [0.05, 0.1) is 13.0 Å². The Morgan fingerprint density at radius 3 is 2.26 bits per heavy atom. The molecule has 0 aliphatic heterocycles. The van der Waals surface area contributed by atoms with Crippen LogP contribution in [0.4, 0.5) is 11.4 Å². The fraction of sp³-hybridized carbons (Fsp3) is 0.259. The molecule has 1 heterocycles. The van der Waals surface area contributed by atoms with Crippen LogP contribution in [0.2, 0.25) is 0 Å². The molecule has 1 aromatic heterocycles. The molecular formula is C27H29N3O8. The minimum Gasteiger partial charge on any atom is -0.504 e. The summed E-state index contributed by atoms with van der Waals surface area (Å²) in [6.07, 6.45) is -0.234. The predicted molar refractivity (Wildman–Crippen MR) is 140 cm³/mol. The zero-order valence-electron chi connectivity index (χ0n) is 21.2. The van der Waals surface area contributed by atoms with Gasteiger partial charge in [-0.2, -0.15) is 0 Å². The Morgan fingerprint density at radius 2 is 1.63 bits per heavy atom. The number of benzene rings is 2. The summed E-state index contributed by atoms with van der Waals surface area (Å²) in [6, 6.07) is 12.1. The lowest BCUT2D eigenvalue weighted by Gasteiger charge is -2.19. The van der Waals surface area contributed by atoms with Crippen molar-refractivity contribution >= 4 is 29.1 Å². The van der Waals surface area contributed by atoms with Gasteiger partial charge in [0, 0.05) is 43.8 Å². The van der Waals surface area contributed by atoms with Crippen LogP contribution in [-0.2, 0) is 14.4 Å². The first-order valence-electron chi connectivity index (χ1n) is 11.7. The summed E-state index contributed by atoms with van der Waals surface area (Å²) in [5.74, 6) is -2.33.